The van der Waals surface area contributed by atoms with E-state index in [1.807, 2.05) is 0 Å². The molecule has 0 aliphatic rings. The number of aliphatic hydroxyl groups is 1. The van der Waals surface area contributed by atoms with E-state index in [0.29, 0.717) is 0 Å². The first kappa shape index (κ1) is 16.0. The molecule has 7 heteroatoms. The van der Waals surface area contributed by atoms with Crippen molar-refractivity contribution in [3.05, 3.63) is 29.8 Å². The quantitative estimate of drug-likeness (QED) is 0.929. The van der Waals surface area contributed by atoms with Crippen molar-refractivity contribution in [2.75, 3.05) is 0 Å². The molecule has 2 atom stereocenters. The Balaban J connectivity index is 3.38. The number of alkyl halides is 3. The molecule has 0 saturated heterocycles. The fraction of sp³-hybridized carbons (Fsp3) is 0.500. The van der Waals surface area contributed by atoms with Gasteiger partial charge in [-0.3, -0.25) is 0 Å². The van der Waals surface area contributed by atoms with Gasteiger partial charge in [0, 0.05) is 0 Å². The Kier molecular flexibility index (Phi) is 4.63. The summed E-state index contributed by atoms with van der Waals surface area (Å²) in [5, 5.41) is 8.27. The van der Waals surface area contributed by atoms with Crippen LogP contribution >= 0.6 is 0 Å². The first-order valence-corrected chi connectivity index (χ1v) is 7.25. The summed E-state index contributed by atoms with van der Waals surface area (Å²) in [6, 6.07) is 3.99. The highest BCUT2D eigenvalue weighted by atomic mass is 32.2. The average molecular weight is 296 g/mol. The van der Waals surface area contributed by atoms with Gasteiger partial charge in [0.1, 0.15) is 0 Å². The van der Waals surface area contributed by atoms with Crippen molar-refractivity contribution in [3.8, 4) is 0 Å². The van der Waals surface area contributed by atoms with Gasteiger partial charge in [0.2, 0.25) is 0 Å². The van der Waals surface area contributed by atoms with E-state index in [1.165, 1.54) is 13.0 Å². The molecule has 0 bridgehead atoms. The van der Waals surface area contributed by atoms with Crippen molar-refractivity contribution in [3.63, 3.8) is 0 Å². The fourth-order valence-electron chi connectivity index (χ4n) is 1.69. The molecule has 1 rings (SSSR count). The van der Waals surface area contributed by atoms with Gasteiger partial charge in [-0.15, -0.1) is 0 Å². The van der Waals surface area contributed by atoms with Crippen LogP contribution in [0.4, 0.5) is 13.2 Å². The molecular formula is C12H15F3O3S. The number of sulfone groups is 1. The Bertz CT molecular complexity index is 537. The van der Waals surface area contributed by atoms with Crippen molar-refractivity contribution in [2.45, 2.75) is 42.7 Å². The van der Waals surface area contributed by atoms with Crippen LogP contribution in [-0.2, 0) is 16.0 Å². The van der Waals surface area contributed by atoms with Gasteiger partial charge in [-0.1, -0.05) is 19.1 Å². The Morgan fingerprint density at radius 2 is 1.79 bits per heavy atom. The van der Waals surface area contributed by atoms with E-state index in [4.69, 9.17) is 0 Å². The molecule has 0 heterocycles. The Morgan fingerprint density at radius 3 is 2.26 bits per heavy atom. The van der Waals surface area contributed by atoms with Crippen LogP contribution in [0.1, 0.15) is 25.8 Å². The predicted molar refractivity (Wildman–Crippen MR) is 64.4 cm³/mol. The van der Waals surface area contributed by atoms with Gasteiger partial charge in [0.05, 0.1) is 21.8 Å². The molecule has 0 saturated carbocycles. The van der Waals surface area contributed by atoms with Gasteiger partial charge in [-0.2, -0.15) is 13.2 Å². The van der Waals surface area contributed by atoms with E-state index in [2.05, 4.69) is 0 Å². The largest absolute Gasteiger partial charge is 0.417 e. The first-order chi connectivity index (χ1) is 8.62. The molecule has 1 N–H and O–H groups in total. The molecule has 19 heavy (non-hydrogen) atoms. The zero-order chi connectivity index (χ0) is 14.8. The van der Waals surface area contributed by atoms with Crippen LogP contribution in [0.2, 0.25) is 0 Å². The van der Waals surface area contributed by atoms with Crippen LogP contribution < -0.4 is 0 Å². The molecule has 0 radical (unpaired) electrons. The normalized spacial score (nSPS) is 16.1. The van der Waals surface area contributed by atoms with Crippen molar-refractivity contribution in [1.29, 1.82) is 0 Å². The summed E-state index contributed by atoms with van der Waals surface area (Å²) >= 11 is 0. The molecule has 1 aromatic carbocycles. The van der Waals surface area contributed by atoms with E-state index in [9.17, 15) is 26.7 Å². The van der Waals surface area contributed by atoms with Crippen LogP contribution in [0.3, 0.4) is 0 Å². The number of hydrogen-bond donors (Lipinski definition) is 1. The van der Waals surface area contributed by atoms with E-state index in [1.54, 1.807) is 6.92 Å². The van der Waals surface area contributed by atoms with E-state index < -0.39 is 37.8 Å². The third-order valence-electron chi connectivity index (χ3n) is 2.95. The zero-order valence-electron chi connectivity index (χ0n) is 10.5. The standard InChI is InChI=1S/C12H15F3O3S/c1-3-10(16)8(2)19(17,18)11-7-5-4-6-9(11)12(13,14)15/h4-8,10,16H,3H2,1-2H3. The number of rotatable bonds is 4. The highest BCUT2D eigenvalue weighted by Crippen LogP contribution is 2.35. The zero-order valence-corrected chi connectivity index (χ0v) is 11.3. The average Bonchev–Trinajstić information content (AvgIpc) is 2.35. The summed E-state index contributed by atoms with van der Waals surface area (Å²) in [6.45, 7) is 2.77. The Labute approximate surface area is 110 Å². The molecule has 0 aliphatic heterocycles. The van der Waals surface area contributed by atoms with E-state index in [0.717, 1.165) is 18.2 Å². The predicted octanol–water partition coefficient (Wildman–Crippen LogP) is 2.64. The Hall–Kier alpha value is -1.08. The lowest BCUT2D eigenvalue weighted by Gasteiger charge is -2.20. The van der Waals surface area contributed by atoms with Gasteiger partial charge in [-0.25, -0.2) is 8.42 Å². The summed E-state index contributed by atoms with van der Waals surface area (Å²) in [6.07, 6.45) is -5.80. The minimum absolute atomic E-state index is 0.147. The summed E-state index contributed by atoms with van der Waals surface area (Å²) in [5.74, 6) is 0. The first-order valence-electron chi connectivity index (χ1n) is 5.70. The van der Waals surface area contributed by atoms with Gasteiger partial charge in [0.15, 0.2) is 9.84 Å². The maximum absolute atomic E-state index is 12.8. The third kappa shape index (κ3) is 3.27. The van der Waals surface area contributed by atoms with Crippen molar-refractivity contribution >= 4 is 9.84 Å². The lowest BCUT2D eigenvalue weighted by Crippen LogP contribution is -2.32. The topological polar surface area (TPSA) is 54.4 Å². The maximum atomic E-state index is 12.8. The highest BCUT2D eigenvalue weighted by molar-refractivity contribution is 7.92. The Morgan fingerprint density at radius 1 is 1.26 bits per heavy atom. The maximum Gasteiger partial charge on any atom is 0.417 e. The summed E-state index contributed by atoms with van der Waals surface area (Å²) in [4.78, 5) is -0.789. The molecule has 2 unspecified atom stereocenters. The number of benzene rings is 1. The minimum atomic E-state index is -4.75. The van der Waals surface area contributed by atoms with Crippen LogP contribution in [0.25, 0.3) is 0 Å². The second-order valence-corrected chi connectivity index (χ2v) is 6.49. The second kappa shape index (κ2) is 5.50. The van der Waals surface area contributed by atoms with Crippen LogP contribution in [0, 0.1) is 0 Å². The monoisotopic (exact) mass is 296 g/mol. The highest BCUT2D eigenvalue weighted by Gasteiger charge is 2.39. The summed E-state index contributed by atoms with van der Waals surface area (Å²) < 4.78 is 62.7. The van der Waals surface area contributed by atoms with E-state index in [-0.39, 0.29) is 6.42 Å². The number of hydrogen-bond acceptors (Lipinski definition) is 3. The SMILES string of the molecule is CCC(O)C(C)S(=O)(=O)c1ccccc1C(F)(F)F. The lowest BCUT2D eigenvalue weighted by molar-refractivity contribution is -0.139. The molecule has 0 fully saturated rings. The summed E-state index contributed by atoms with van der Waals surface area (Å²) in [7, 11) is -4.23. The van der Waals surface area contributed by atoms with Crippen LogP contribution in [0.15, 0.2) is 29.2 Å². The molecular weight excluding hydrogens is 281 g/mol. The molecule has 108 valence electrons. The van der Waals surface area contributed by atoms with Crippen molar-refractivity contribution in [2.24, 2.45) is 0 Å². The lowest BCUT2D eigenvalue weighted by atomic mass is 10.2. The van der Waals surface area contributed by atoms with Gasteiger partial charge < -0.3 is 5.11 Å². The minimum Gasteiger partial charge on any atom is -0.392 e. The fourth-order valence-corrected chi connectivity index (χ4v) is 3.45. The van der Waals surface area contributed by atoms with Gasteiger partial charge >= 0.3 is 6.18 Å². The molecule has 0 aliphatic carbocycles. The van der Waals surface area contributed by atoms with Crippen LogP contribution in [-0.4, -0.2) is 24.9 Å². The van der Waals surface area contributed by atoms with E-state index >= 15 is 0 Å². The van der Waals surface area contributed by atoms with Crippen molar-refractivity contribution < 1.29 is 26.7 Å². The molecule has 1 aromatic rings. The molecule has 3 nitrogen and oxygen atoms in total. The van der Waals surface area contributed by atoms with Gasteiger partial charge in [0.25, 0.3) is 0 Å². The molecule has 0 aromatic heterocycles. The van der Waals surface area contributed by atoms with Crippen molar-refractivity contribution in [1.82, 2.24) is 0 Å². The second-order valence-electron chi connectivity index (χ2n) is 4.22. The smallest absolute Gasteiger partial charge is 0.392 e. The number of halogens is 3. The third-order valence-corrected chi connectivity index (χ3v) is 5.21. The van der Waals surface area contributed by atoms with Crippen LogP contribution in [0.5, 0.6) is 0 Å². The van der Waals surface area contributed by atoms with Gasteiger partial charge in [-0.05, 0) is 25.5 Å². The number of aliphatic hydroxyl groups excluding tert-OH is 1. The molecule has 0 amide bonds. The summed E-state index contributed by atoms with van der Waals surface area (Å²) in [5.41, 5.74) is -1.20. The molecule has 0 spiro atoms.